The van der Waals surface area contributed by atoms with Crippen molar-refractivity contribution < 1.29 is 184 Å². The fourth-order valence-electron chi connectivity index (χ4n) is 10.2. The van der Waals surface area contributed by atoms with Gasteiger partial charge < -0.3 is 151 Å². The van der Waals surface area contributed by atoms with Crippen LogP contribution < -0.4 is 62.0 Å². The molecule has 8 amide bonds. The summed E-state index contributed by atoms with van der Waals surface area (Å²) in [6, 6.07) is 1.61. The summed E-state index contributed by atoms with van der Waals surface area (Å²) in [4.78, 5) is 192. The van der Waals surface area contributed by atoms with Crippen LogP contribution in [-0.2, 0) is 147 Å². The lowest BCUT2D eigenvalue weighted by Gasteiger charge is -2.22. The highest BCUT2D eigenvalue weighted by molar-refractivity contribution is 7.46. The van der Waals surface area contributed by atoms with E-state index in [1.54, 1.807) is 42.7 Å². The molecule has 0 bridgehead atoms. The monoisotopic (exact) mass is 1990 g/mol. The molecule has 5 unspecified atom stereocenters. The zero-order valence-corrected chi connectivity index (χ0v) is 82.3. The van der Waals surface area contributed by atoms with E-state index in [-0.39, 0.29) is 202 Å². The summed E-state index contributed by atoms with van der Waals surface area (Å²) >= 11 is 0. The molecule has 0 radical (unpaired) electrons. The molecule has 776 valence electrons. The zero-order chi connectivity index (χ0) is 100. The van der Waals surface area contributed by atoms with E-state index in [0.717, 1.165) is 65.4 Å². The number of unbranched alkanes of at least 4 members (excludes halogenated alkanes) is 9. The fourth-order valence-corrected chi connectivity index (χ4v) is 11.5. The van der Waals surface area contributed by atoms with Crippen LogP contribution in [0.15, 0.2) is 12.1 Å². The number of alkyl carbamates (subject to hydrolysis) is 5. The number of phosphoric acid groups is 3. The molecule has 5 atom stereocenters. The molecule has 134 heavy (non-hydrogen) atoms. The number of carbonyl (C=O) groups excluding carboxylic acids is 13. The van der Waals surface area contributed by atoms with E-state index in [1.165, 1.54) is 13.8 Å². The van der Waals surface area contributed by atoms with Gasteiger partial charge in [0.15, 0.2) is 0 Å². The molecule has 0 saturated carbocycles. The highest BCUT2D eigenvalue weighted by Gasteiger charge is 2.23. The lowest BCUT2D eigenvalue weighted by Crippen LogP contribution is -2.44. The average Bonchev–Trinajstić information content (AvgIpc) is 0.978. The Labute approximate surface area is 784 Å². The summed E-state index contributed by atoms with van der Waals surface area (Å²) in [5.74, 6) is -3.62. The summed E-state index contributed by atoms with van der Waals surface area (Å²) in [6.45, 7) is 19.0. The quantitative estimate of drug-likeness (QED) is 0.0147. The molecule has 0 saturated heterocycles. The first-order valence-electron chi connectivity index (χ1n) is 44.6. The van der Waals surface area contributed by atoms with Crippen LogP contribution in [0, 0.1) is 13.8 Å². The Hall–Kier alpha value is -8.58. The van der Waals surface area contributed by atoms with Crippen LogP contribution in [0.1, 0.15) is 174 Å². The molecule has 1 aromatic carbocycles. The largest absolute Gasteiger partial charge is 0.756 e. The van der Waals surface area contributed by atoms with Gasteiger partial charge in [-0.3, -0.25) is 37.9 Å². The number of rotatable bonds is 77. The Balaban J connectivity index is 0. The predicted molar refractivity (Wildman–Crippen MR) is 474 cm³/mol. The van der Waals surface area contributed by atoms with Gasteiger partial charge in [-0.15, -0.1) is 0 Å². The second-order valence-corrected chi connectivity index (χ2v) is 33.3. The van der Waals surface area contributed by atoms with Gasteiger partial charge in [-0.05, 0) is 121 Å². The van der Waals surface area contributed by atoms with E-state index >= 15 is 0 Å². The van der Waals surface area contributed by atoms with E-state index in [1.807, 2.05) is 27.7 Å². The number of phosphoric ester groups is 3. The number of nitrogens with one attached hydrogen (secondary N) is 8. The fraction of sp³-hybridized carbons (Fsp3) is 0.768. The number of benzene rings is 1. The van der Waals surface area contributed by atoms with Gasteiger partial charge in [-0.2, -0.15) is 0 Å². The van der Waals surface area contributed by atoms with Gasteiger partial charge in [-0.25, -0.2) is 47.9 Å². The molecule has 0 aliphatic rings. The minimum Gasteiger partial charge on any atom is -0.756 e. The van der Waals surface area contributed by atoms with Gasteiger partial charge >= 0.3 is 60.3 Å². The minimum atomic E-state index is -4.24. The van der Waals surface area contributed by atoms with Gasteiger partial charge in [0.05, 0.1) is 99.0 Å². The Morgan fingerprint density at radius 1 is 0.351 bits per heavy atom. The molecular weight excluding hydrogens is 1840 g/mol. The molecule has 8 N–H and O–H groups in total. The molecule has 0 heterocycles. The van der Waals surface area contributed by atoms with Gasteiger partial charge in [0.2, 0.25) is 17.7 Å². The molecular formula is C82H146N10O39P3-3. The summed E-state index contributed by atoms with van der Waals surface area (Å²) in [7, 11) is -9.53. The first kappa shape index (κ1) is 127. The maximum atomic E-state index is 12.6. The lowest BCUT2D eigenvalue weighted by molar-refractivity contribution is -0.224. The Bertz CT molecular complexity index is 3480. The van der Waals surface area contributed by atoms with Crippen LogP contribution in [-0.4, -0.2) is 325 Å². The zero-order valence-electron chi connectivity index (χ0n) is 79.6. The van der Waals surface area contributed by atoms with E-state index < -0.39 is 95.9 Å². The van der Waals surface area contributed by atoms with Crippen molar-refractivity contribution in [2.24, 2.45) is 0 Å². The number of hydrogen-bond acceptors (Lipinski definition) is 41. The van der Waals surface area contributed by atoms with Crippen molar-refractivity contribution >= 4 is 102 Å². The molecule has 1 rings (SSSR count). The molecule has 0 spiro atoms. The number of ether oxygens (including phenoxy) is 14. The summed E-state index contributed by atoms with van der Waals surface area (Å²) in [5.41, 5.74) is 2.16. The number of amides is 8. The molecule has 1 aromatic rings. The lowest BCUT2D eigenvalue weighted by atomic mass is 10.1. The second kappa shape index (κ2) is 82.7. The third-order valence-corrected chi connectivity index (χ3v) is 20.0. The summed E-state index contributed by atoms with van der Waals surface area (Å²) < 4.78 is 132. The van der Waals surface area contributed by atoms with Crippen LogP contribution in [0.2, 0.25) is 0 Å². The number of esters is 5. The highest BCUT2D eigenvalue weighted by Crippen LogP contribution is 2.38. The Morgan fingerprint density at radius 2 is 0.679 bits per heavy atom. The van der Waals surface area contributed by atoms with Crippen molar-refractivity contribution in [3.8, 4) is 5.75 Å². The van der Waals surface area contributed by atoms with E-state index in [9.17, 15) is 90.7 Å². The van der Waals surface area contributed by atoms with Crippen LogP contribution in [0.4, 0.5) is 24.0 Å². The summed E-state index contributed by atoms with van der Waals surface area (Å²) in [6.07, 6.45) is 7.94. The number of carbonyl (C=O) groups is 13. The SMILES string of the molecule is CCC(=O)NCC(=O)Oc1c(C)cc(COC(=O)NCCCCCCOP(=O)([O-])OC)cc1C.CCCOC(=O)NC(C)C(=O)OCCN(CCOC(=O)C(C)NC(=O)OCCC)CC(=O)NCCCCCCOP(=O)([O-])OC.CCCOC(=O)NCCOCCOCC(=O)OCCN(CCOC(=O)COCCOCCNC(=O)OCCC)CC(=O)NCCCCCCOP(=O)([O-])OC. The predicted octanol–water partition coefficient (Wildman–Crippen LogP) is 4.41. The first-order chi connectivity index (χ1) is 63.9. The standard InChI is InChI=1S/C33H63N4O17P.C27H51N4O13P.C22H35N2O9P/c1-4-15-52-32(41)35-11-18-46-22-24-48-27-30(39)50-20-13-37(26-29(38)34-10-8-6-7-9-17-54-55(43,44)45-3)14-21-51-31(40)28-49-25-23-47-19-12-36-33(42)53-16-5-2;1-6-15-42-26(35)29-21(3)24(33)40-18-13-31(14-19-41-25(34)22(4)30-27(36)43-16-7-2)20-23(32)28-12-10-8-9-11-17-44-45(37,38)39-5;1-5-19(25)24-14-20(26)33-21-16(2)12-18(13-17(21)3)15-31-22(27)23-10-8-6-7-9-11-32-34(28,29)30-4/h4-28H2,1-3H3,(H,34,38)(H,35,41)(H,36,42)(H,43,44);21-22H,6-20H2,1-5H3,(H,28,32)(H,29,35)(H,30,36)(H,37,38);12-13H,5-11,14-15H2,1-4H3,(H,23,27)(H,24,25)(H,28,29)/p-3. The molecule has 0 fully saturated rings. The maximum Gasteiger partial charge on any atom is 0.407 e. The van der Waals surface area contributed by atoms with Crippen molar-refractivity contribution in [3.63, 3.8) is 0 Å². The first-order valence-corrected chi connectivity index (χ1v) is 49.0. The van der Waals surface area contributed by atoms with Crippen LogP contribution in [0.5, 0.6) is 5.75 Å². The van der Waals surface area contributed by atoms with Gasteiger partial charge in [-0.1, -0.05) is 73.1 Å². The second-order valence-electron chi connectivity index (χ2n) is 28.8. The van der Waals surface area contributed by atoms with Gasteiger partial charge in [0.1, 0.15) is 70.6 Å². The minimum absolute atomic E-state index is 0.0145. The number of nitrogens with zero attached hydrogens (tertiary/aromatic N) is 2. The Morgan fingerprint density at radius 3 is 1.04 bits per heavy atom. The highest BCUT2D eigenvalue weighted by atomic mass is 31.2. The van der Waals surface area contributed by atoms with Crippen molar-refractivity contribution in [1.29, 1.82) is 0 Å². The topological polar surface area (TPSA) is 630 Å². The van der Waals surface area contributed by atoms with Crippen molar-refractivity contribution in [3.05, 3.63) is 28.8 Å². The number of aryl methyl sites for hydroxylation is 2. The van der Waals surface area contributed by atoms with E-state index in [4.69, 9.17) is 66.3 Å². The Kier molecular flexibility index (Phi) is 78.6. The van der Waals surface area contributed by atoms with Gasteiger partial charge in [0.25, 0.3) is 23.5 Å². The molecule has 0 aliphatic heterocycles. The molecule has 49 nitrogen and oxygen atoms in total. The number of hydrogen-bond donors (Lipinski definition) is 8. The van der Waals surface area contributed by atoms with E-state index in [2.05, 4.69) is 69.7 Å². The van der Waals surface area contributed by atoms with Crippen LogP contribution in [0.25, 0.3) is 0 Å². The average molecular weight is 1990 g/mol. The van der Waals surface area contributed by atoms with Crippen molar-refractivity contribution in [2.45, 2.75) is 190 Å². The summed E-state index contributed by atoms with van der Waals surface area (Å²) in [5, 5.41) is 20.5. The van der Waals surface area contributed by atoms with Crippen molar-refractivity contribution in [2.75, 3.05) is 225 Å². The maximum absolute atomic E-state index is 12.6. The van der Waals surface area contributed by atoms with Crippen LogP contribution in [0.3, 0.4) is 0 Å². The molecule has 0 aromatic heterocycles. The van der Waals surface area contributed by atoms with Crippen LogP contribution >= 0.6 is 23.5 Å². The van der Waals surface area contributed by atoms with Gasteiger partial charge in [0, 0.05) is 86.7 Å². The third kappa shape index (κ3) is 77.6. The third-order valence-electron chi connectivity index (χ3n) is 17.1. The smallest absolute Gasteiger partial charge is 0.407 e. The van der Waals surface area contributed by atoms with E-state index in [0.29, 0.717) is 114 Å². The molecule has 52 heteroatoms. The normalized spacial score (nSPS) is 12.7. The van der Waals surface area contributed by atoms with Crippen molar-refractivity contribution in [1.82, 2.24) is 52.3 Å². The molecule has 0 aliphatic carbocycles.